The highest BCUT2D eigenvalue weighted by Crippen LogP contribution is 2.45. The second-order valence-corrected chi connectivity index (χ2v) is 6.76. The van der Waals surface area contributed by atoms with Crippen molar-refractivity contribution in [1.29, 1.82) is 0 Å². The molecule has 20 heavy (non-hydrogen) atoms. The Bertz CT molecular complexity index is 461. The molecule has 112 valence electrons. The number of nitrogens with zero attached hydrogens (tertiary/aromatic N) is 3. The number of hydrogen-bond donors (Lipinski definition) is 1. The normalized spacial score (nSPS) is 22.4. The molecule has 1 saturated carbocycles. The van der Waals surface area contributed by atoms with Gasteiger partial charge in [-0.25, -0.2) is 0 Å². The van der Waals surface area contributed by atoms with Gasteiger partial charge >= 0.3 is 0 Å². The molecule has 0 amide bonds. The van der Waals surface area contributed by atoms with E-state index in [2.05, 4.69) is 16.9 Å². The van der Waals surface area contributed by atoms with Gasteiger partial charge in [0.15, 0.2) is 0 Å². The van der Waals surface area contributed by atoms with Crippen LogP contribution in [0.15, 0.2) is 0 Å². The Kier molecular flexibility index (Phi) is 3.76. The third kappa shape index (κ3) is 2.34. The second-order valence-electron chi connectivity index (χ2n) is 6.76. The lowest BCUT2D eigenvalue weighted by Gasteiger charge is -2.45. The fourth-order valence-electron chi connectivity index (χ4n) is 4.32. The number of aromatic nitrogens is 2. The van der Waals surface area contributed by atoms with Crippen LogP contribution < -0.4 is 10.6 Å². The van der Waals surface area contributed by atoms with E-state index >= 15 is 0 Å². The molecule has 4 nitrogen and oxygen atoms in total. The lowest BCUT2D eigenvalue weighted by atomic mass is 9.68. The quantitative estimate of drug-likeness (QED) is 0.903. The van der Waals surface area contributed by atoms with Gasteiger partial charge in [0, 0.05) is 32.2 Å². The van der Waals surface area contributed by atoms with Crippen molar-refractivity contribution in [2.45, 2.75) is 58.4 Å². The van der Waals surface area contributed by atoms with E-state index in [1.54, 1.807) is 0 Å². The smallest absolute Gasteiger partial charge is 0.131 e. The standard InChI is InChI=1S/C16H28N4/c1-13-14(12-17)15(19(2)18-13)20-10-8-16(9-11-20)6-4-3-5-7-16/h3-12,17H2,1-2H3. The number of piperidine rings is 1. The maximum Gasteiger partial charge on any atom is 0.131 e. The van der Waals surface area contributed by atoms with Gasteiger partial charge in [0.05, 0.1) is 5.69 Å². The van der Waals surface area contributed by atoms with Gasteiger partial charge < -0.3 is 10.6 Å². The molecule has 1 aromatic heterocycles. The molecule has 1 aliphatic heterocycles. The van der Waals surface area contributed by atoms with Gasteiger partial charge in [-0.05, 0) is 38.0 Å². The Morgan fingerprint density at radius 3 is 2.35 bits per heavy atom. The largest absolute Gasteiger partial charge is 0.357 e. The van der Waals surface area contributed by atoms with Gasteiger partial charge in [0.2, 0.25) is 0 Å². The van der Waals surface area contributed by atoms with Crippen molar-refractivity contribution in [1.82, 2.24) is 9.78 Å². The van der Waals surface area contributed by atoms with E-state index in [0.717, 1.165) is 5.69 Å². The first-order valence-electron chi connectivity index (χ1n) is 8.13. The predicted molar refractivity (Wildman–Crippen MR) is 82.8 cm³/mol. The summed E-state index contributed by atoms with van der Waals surface area (Å²) in [6, 6.07) is 0. The van der Waals surface area contributed by atoms with E-state index in [9.17, 15) is 0 Å². The summed E-state index contributed by atoms with van der Waals surface area (Å²) >= 11 is 0. The van der Waals surface area contributed by atoms with Crippen molar-refractivity contribution >= 4 is 5.82 Å². The minimum atomic E-state index is 0.594. The van der Waals surface area contributed by atoms with Gasteiger partial charge in [-0.3, -0.25) is 4.68 Å². The number of nitrogens with two attached hydrogens (primary N) is 1. The Hall–Kier alpha value is -1.03. The third-order valence-corrected chi connectivity index (χ3v) is 5.56. The van der Waals surface area contributed by atoms with Crippen molar-refractivity contribution < 1.29 is 0 Å². The maximum atomic E-state index is 5.93. The first-order chi connectivity index (χ1) is 9.65. The Morgan fingerprint density at radius 1 is 1.10 bits per heavy atom. The lowest BCUT2D eigenvalue weighted by Crippen LogP contribution is -2.42. The van der Waals surface area contributed by atoms with Gasteiger partial charge in [-0.2, -0.15) is 5.10 Å². The summed E-state index contributed by atoms with van der Waals surface area (Å²) in [5.41, 5.74) is 8.90. The monoisotopic (exact) mass is 276 g/mol. The molecule has 1 spiro atoms. The van der Waals surface area contributed by atoms with Crippen LogP contribution in [0.25, 0.3) is 0 Å². The van der Waals surface area contributed by atoms with E-state index < -0.39 is 0 Å². The molecule has 2 N–H and O–H groups in total. The van der Waals surface area contributed by atoms with Crippen molar-refractivity contribution in [3.05, 3.63) is 11.3 Å². The zero-order valence-corrected chi connectivity index (χ0v) is 13.0. The second kappa shape index (κ2) is 5.40. The molecule has 0 radical (unpaired) electrons. The molecule has 4 heteroatoms. The molecule has 1 aliphatic carbocycles. The third-order valence-electron chi connectivity index (χ3n) is 5.56. The number of rotatable bonds is 2. The maximum absolute atomic E-state index is 5.93. The first-order valence-corrected chi connectivity index (χ1v) is 8.13. The fourth-order valence-corrected chi connectivity index (χ4v) is 4.32. The van der Waals surface area contributed by atoms with Crippen LogP contribution in [0, 0.1) is 12.3 Å². The van der Waals surface area contributed by atoms with Crippen LogP contribution in [0.4, 0.5) is 5.82 Å². The van der Waals surface area contributed by atoms with Crippen LogP contribution in [0.3, 0.4) is 0 Å². The molecule has 0 unspecified atom stereocenters. The molecule has 1 saturated heterocycles. The Balaban J connectivity index is 1.75. The summed E-state index contributed by atoms with van der Waals surface area (Å²) in [5.74, 6) is 1.26. The Labute approximate surface area is 122 Å². The van der Waals surface area contributed by atoms with Crippen molar-refractivity contribution in [2.75, 3.05) is 18.0 Å². The zero-order chi connectivity index (χ0) is 14.2. The van der Waals surface area contributed by atoms with Crippen LogP contribution in [0.1, 0.15) is 56.2 Å². The highest BCUT2D eigenvalue weighted by molar-refractivity contribution is 5.50. The van der Waals surface area contributed by atoms with E-state index in [-0.39, 0.29) is 0 Å². The topological polar surface area (TPSA) is 47.1 Å². The molecule has 2 aliphatic rings. The molecule has 3 rings (SSSR count). The predicted octanol–water partition coefficient (Wildman–Crippen LogP) is 2.74. The summed E-state index contributed by atoms with van der Waals surface area (Å²) in [6.45, 7) is 5.01. The van der Waals surface area contributed by atoms with E-state index in [0.29, 0.717) is 12.0 Å². The van der Waals surface area contributed by atoms with E-state index in [1.807, 2.05) is 11.7 Å². The van der Waals surface area contributed by atoms with Crippen molar-refractivity contribution in [2.24, 2.45) is 18.2 Å². The van der Waals surface area contributed by atoms with Gasteiger partial charge in [0.25, 0.3) is 0 Å². The summed E-state index contributed by atoms with van der Waals surface area (Å²) < 4.78 is 2.02. The Morgan fingerprint density at radius 2 is 1.75 bits per heavy atom. The molecule has 0 bridgehead atoms. The van der Waals surface area contributed by atoms with Crippen molar-refractivity contribution in [3.8, 4) is 0 Å². The molecule has 0 aromatic carbocycles. The van der Waals surface area contributed by atoms with Crippen LogP contribution in [0.2, 0.25) is 0 Å². The van der Waals surface area contributed by atoms with E-state index in [1.165, 1.54) is 69.4 Å². The average Bonchev–Trinajstić information content (AvgIpc) is 2.75. The number of hydrogen-bond acceptors (Lipinski definition) is 3. The molecule has 1 aromatic rings. The van der Waals surface area contributed by atoms with Gasteiger partial charge in [0.1, 0.15) is 5.82 Å². The highest BCUT2D eigenvalue weighted by Gasteiger charge is 2.36. The fraction of sp³-hybridized carbons (Fsp3) is 0.812. The highest BCUT2D eigenvalue weighted by atomic mass is 15.4. The molecular formula is C16H28N4. The van der Waals surface area contributed by atoms with E-state index in [4.69, 9.17) is 5.73 Å². The minimum absolute atomic E-state index is 0.594. The van der Waals surface area contributed by atoms with Crippen LogP contribution >= 0.6 is 0 Å². The molecule has 2 fully saturated rings. The zero-order valence-electron chi connectivity index (χ0n) is 13.0. The van der Waals surface area contributed by atoms with Crippen LogP contribution in [0.5, 0.6) is 0 Å². The average molecular weight is 276 g/mol. The minimum Gasteiger partial charge on any atom is -0.357 e. The SMILES string of the molecule is Cc1nn(C)c(N2CCC3(CCCCC3)CC2)c1CN. The summed E-state index contributed by atoms with van der Waals surface area (Å²) in [6.07, 6.45) is 9.94. The molecule has 0 atom stereocenters. The van der Waals surface area contributed by atoms with Crippen molar-refractivity contribution in [3.63, 3.8) is 0 Å². The van der Waals surface area contributed by atoms with Gasteiger partial charge in [-0.1, -0.05) is 19.3 Å². The summed E-state index contributed by atoms with van der Waals surface area (Å²) in [5, 5.41) is 4.56. The van der Waals surface area contributed by atoms with Crippen LogP contribution in [-0.4, -0.2) is 22.9 Å². The number of aryl methyl sites for hydroxylation is 2. The molecular weight excluding hydrogens is 248 g/mol. The molecule has 2 heterocycles. The lowest BCUT2D eigenvalue weighted by molar-refractivity contribution is 0.143. The van der Waals surface area contributed by atoms with Crippen LogP contribution in [-0.2, 0) is 13.6 Å². The first kappa shape index (κ1) is 13.9. The number of anilines is 1. The summed E-state index contributed by atoms with van der Waals surface area (Å²) in [7, 11) is 2.05. The summed E-state index contributed by atoms with van der Waals surface area (Å²) in [4.78, 5) is 2.52. The van der Waals surface area contributed by atoms with Gasteiger partial charge in [-0.15, -0.1) is 0 Å².